The van der Waals surface area contributed by atoms with Gasteiger partial charge in [0.05, 0.1) is 5.01 Å². The van der Waals surface area contributed by atoms with Crippen LogP contribution in [0.3, 0.4) is 0 Å². The monoisotopic (exact) mass is 395 g/mol. The van der Waals surface area contributed by atoms with E-state index in [1.165, 1.54) is 16.9 Å². The van der Waals surface area contributed by atoms with Crippen LogP contribution in [0, 0.1) is 0 Å². The van der Waals surface area contributed by atoms with Crippen molar-refractivity contribution >= 4 is 29.7 Å². The summed E-state index contributed by atoms with van der Waals surface area (Å²) in [6.45, 7) is 5.62. The van der Waals surface area contributed by atoms with Gasteiger partial charge in [-0.3, -0.25) is 4.79 Å². The third-order valence-electron chi connectivity index (χ3n) is 4.23. The summed E-state index contributed by atoms with van der Waals surface area (Å²) in [5.41, 5.74) is 7.44. The van der Waals surface area contributed by atoms with E-state index in [0.717, 1.165) is 43.7 Å². The molecule has 1 atom stereocenters. The van der Waals surface area contributed by atoms with Crippen LogP contribution in [0.5, 0.6) is 0 Å². The van der Waals surface area contributed by atoms with E-state index in [1.54, 1.807) is 0 Å². The van der Waals surface area contributed by atoms with Gasteiger partial charge in [0.2, 0.25) is 0 Å². The van der Waals surface area contributed by atoms with Crippen molar-refractivity contribution in [3.63, 3.8) is 0 Å². The SMILES string of the molecule is CCCC(Cc1ccccc1)N(CCC)C(=O)c1csc(CCN)n1.Cl. The lowest BCUT2D eigenvalue weighted by molar-refractivity contribution is 0.0661. The van der Waals surface area contributed by atoms with Crippen LogP contribution < -0.4 is 5.73 Å². The average molecular weight is 396 g/mol. The highest BCUT2D eigenvalue weighted by atomic mass is 35.5. The maximum absolute atomic E-state index is 13.1. The lowest BCUT2D eigenvalue weighted by Gasteiger charge is -2.31. The van der Waals surface area contributed by atoms with Crippen LogP contribution in [0.4, 0.5) is 0 Å². The molecule has 2 rings (SSSR count). The van der Waals surface area contributed by atoms with Crippen LogP contribution in [-0.2, 0) is 12.8 Å². The lowest BCUT2D eigenvalue weighted by Crippen LogP contribution is -2.42. The summed E-state index contributed by atoms with van der Waals surface area (Å²) >= 11 is 1.53. The Balaban J connectivity index is 0.00000338. The molecule has 1 amide bonds. The topological polar surface area (TPSA) is 59.2 Å². The molecule has 0 fully saturated rings. The van der Waals surface area contributed by atoms with Gasteiger partial charge in [0.1, 0.15) is 5.69 Å². The molecule has 6 heteroatoms. The summed E-state index contributed by atoms with van der Waals surface area (Å²) in [5.74, 6) is 0.0516. The molecule has 1 heterocycles. The minimum atomic E-state index is 0. The molecule has 0 aliphatic carbocycles. The molecule has 0 aliphatic rings. The molecule has 0 aliphatic heterocycles. The number of hydrogen-bond acceptors (Lipinski definition) is 4. The molecule has 0 bridgehead atoms. The van der Waals surface area contributed by atoms with Gasteiger partial charge in [0.25, 0.3) is 5.91 Å². The number of amides is 1. The van der Waals surface area contributed by atoms with E-state index >= 15 is 0 Å². The second-order valence-corrected chi connectivity index (χ2v) is 7.24. The Labute approximate surface area is 167 Å². The van der Waals surface area contributed by atoms with Gasteiger partial charge in [0.15, 0.2) is 0 Å². The highest BCUT2D eigenvalue weighted by Crippen LogP contribution is 2.19. The zero-order chi connectivity index (χ0) is 18.1. The fourth-order valence-corrected chi connectivity index (χ4v) is 3.86. The molecule has 0 spiro atoms. The quantitative estimate of drug-likeness (QED) is 0.651. The number of carbonyl (C=O) groups excluding carboxylic acids is 1. The van der Waals surface area contributed by atoms with Crippen molar-refractivity contribution in [2.24, 2.45) is 5.73 Å². The number of aromatic nitrogens is 1. The maximum Gasteiger partial charge on any atom is 0.273 e. The number of thiazole rings is 1. The fourth-order valence-electron chi connectivity index (χ4n) is 3.07. The normalized spacial score (nSPS) is 11.7. The lowest BCUT2D eigenvalue weighted by atomic mass is 10.00. The van der Waals surface area contributed by atoms with E-state index in [2.05, 4.69) is 43.1 Å². The van der Waals surface area contributed by atoms with Crippen LogP contribution >= 0.6 is 23.7 Å². The van der Waals surface area contributed by atoms with Gasteiger partial charge in [-0.1, -0.05) is 50.6 Å². The standard InChI is InChI=1S/C20H29N3OS.ClH/c1-3-8-17(14-16-9-6-5-7-10-16)23(13-4-2)20(24)18-15-25-19(22-18)11-12-21;/h5-7,9-10,15,17H,3-4,8,11-14,21H2,1-2H3;1H. The predicted octanol–water partition coefficient (Wildman–Crippen LogP) is 4.33. The Kier molecular flexibility index (Phi) is 10.5. The molecular weight excluding hydrogens is 366 g/mol. The number of nitrogens with zero attached hydrogens (tertiary/aromatic N) is 2. The minimum Gasteiger partial charge on any atom is -0.334 e. The van der Waals surface area contributed by atoms with Crippen molar-refractivity contribution in [1.29, 1.82) is 0 Å². The van der Waals surface area contributed by atoms with Crippen molar-refractivity contribution in [1.82, 2.24) is 9.88 Å². The van der Waals surface area contributed by atoms with Gasteiger partial charge < -0.3 is 10.6 Å². The third-order valence-corrected chi connectivity index (χ3v) is 5.14. The van der Waals surface area contributed by atoms with E-state index in [1.807, 2.05) is 16.3 Å². The highest BCUT2D eigenvalue weighted by Gasteiger charge is 2.25. The number of carbonyl (C=O) groups is 1. The molecule has 1 aromatic carbocycles. The second-order valence-electron chi connectivity index (χ2n) is 6.30. The average Bonchev–Trinajstić information content (AvgIpc) is 3.09. The van der Waals surface area contributed by atoms with Gasteiger partial charge in [-0.15, -0.1) is 23.7 Å². The van der Waals surface area contributed by atoms with E-state index in [0.29, 0.717) is 12.2 Å². The summed E-state index contributed by atoms with van der Waals surface area (Å²) in [6.07, 6.45) is 4.62. The van der Waals surface area contributed by atoms with Gasteiger partial charge in [-0.2, -0.15) is 0 Å². The molecule has 1 unspecified atom stereocenters. The van der Waals surface area contributed by atoms with Crippen molar-refractivity contribution in [3.8, 4) is 0 Å². The summed E-state index contributed by atoms with van der Waals surface area (Å²) in [5, 5.41) is 2.82. The molecule has 1 aromatic heterocycles. The Morgan fingerprint density at radius 3 is 2.58 bits per heavy atom. The van der Waals surface area contributed by atoms with E-state index in [9.17, 15) is 4.79 Å². The zero-order valence-electron chi connectivity index (χ0n) is 15.7. The van der Waals surface area contributed by atoms with E-state index in [-0.39, 0.29) is 24.4 Å². The number of nitrogens with two attached hydrogens (primary N) is 1. The Morgan fingerprint density at radius 2 is 1.96 bits per heavy atom. The minimum absolute atomic E-state index is 0. The summed E-state index contributed by atoms with van der Waals surface area (Å²) in [7, 11) is 0. The van der Waals surface area contributed by atoms with Crippen molar-refractivity contribution < 1.29 is 4.79 Å². The number of rotatable bonds is 10. The Bertz CT molecular complexity index is 648. The van der Waals surface area contributed by atoms with E-state index < -0.39 is 0 Å². The molecule has 4 nitrogen and oxygen atoms in total. The zero-order valence-corrected chi connectivity index (χ0v) is 17.3. The third kappa shape index (κ3) is 6.38. The van der Waals surface area contributed by atoms with Gasteiger partial charge in [-0.05, 0) is 31.4 Å². The molecule has 2 aromatic rings. The van der Waals surface area contributed by atoms with Gasteiger partial charge in [0, 0.05) is 24.4 Å². The molecule has 0 saturated carbocycles. The van der Waals surface area contributed by atoms with Crippen molar-refractivity contribution in [2.45, 2.75) is 52.0 Å². The van der Waals surface area contributed by atoms with Crippen LogP contribution in [0.1, 0.15) is 54.2 Å². The Hall–Kier alpha value is -1.43. The number of hydrogen-bond donors (Lipinski definition) is 1. The summed E-state index contributed by atoms with van der Waals surface area (Å²) in [6, 6.07) is 10.6. The van der Waals surface area contributed by atoms with Crippen LogP contribution in [0.25, 0.3) is 0 Å². The maximum atomic E-state index is 13.1. The highest BCUT2D eigenvalue weighted by molar-refractivity contribution is 7.09. The first-order chi connectivity index (χ1) is 12.2. The molecule has 2 N–H and O–H groups in total. The number of halogens is 1. The van der Waals surface area contributed by atoms with Crippen LogP contribution in [0.2, 0.25) is 0 Å². The first kappa shape index (κ1) is 22.6. The van der Waals surface area contributed by atoms with Gasteiger partial charge in [-0.25, -0.2) is 4.98 Å². The van der Waals surface area contributed by atoms with Crippen molar-refractivity contribution in [2.75, 3.05) is 13.1 Å². The fraction of sp³-hybridized carbons (Fsp3) is 0.500. The molecular formula is C20H30ClN3OS. The summed E-state index contributed by atoms with van der Waals surface area (Å²) in [4.78, 5) is 19.6. The van der Waals surface area contributed by atoms with Crippen LogP contribution in [-0.4, -0.2) is 34.9 Å². The number of benzene rings is 1. The van der Waals surface area contributed by atoms with Crippen LogP contribution in [0.15, 0.2) is 35.7 Å². The summed E-state index contributed by atoms with van der Waals surface area (Å²) < 4.78 is 0. The van der Waals surface area contributed by atoms with Gasteiger partial charge >= 0.3 is 0 Å². The largest absolute Gasteiger partial charge is 0.334 e. The Morgan fingerprint density at radius 1 is 1.23 bits per heavy atom. The first-order valence-electron chi connectivity index (χ1n) is 9.18. The van der Waals surface area contributed by atoms with Crippen molar-refractivity contribution in [3.05, 3.63) is 52.0 Å². The van der Waals surface area contributed by atoms with E-state index in [4.69, 9.17) is 5.73 Å². The molecule has 26 heavy (non-hydrogen) atoms. The first-order valence-corrected chi connectivity index (χ1v) is 10.1. The molecule has 0 radical (unpaired) electrons. The molecule has 144 valence electrons. The second kappa shape index (κ2) is 12.0. The molecule has 0 saturated heterocycles. The predicted molar refractivity (Wildman–Crippen MR) is 112 cm³/mol. The smallest absolute Gasteiger partial charge is 0.273 e.